The van der Waals surface area contributed by atoms with E-state index in [1.165, 1.54) is 30.3 Å². The smallest absolute Gasteiger partial charge is 0.251 e. The first kappa shape index (κ1) is 26.1. The third-order valence-corrected chi connectivity index (χ3v) is 5.42. The van der Waals surface area contributed by atoms with Gasteiger partial charge >= 0.3 is 0 Å². The van der Waals surface area contributed by atoms with Crippen molar-refractivity contribution in [2.45, 2.75) is 18.6 Å². The molecule has 186 valence electrons. The summed E-state index contributed by atoms with van der Waals surface area (Å²) in [5.74, 6) is -1.43. The summed E-state index contributed by atoms with van der Waals surface area (Å²) < 4.78 is 0. The van der Waals surface area contributed by atoms with E-state index in [4.69, 9.17) is 23.2 Å². The van der Waals surface area contributed by atoms with Crippen LogP contribution < -0.4 is 21.3 Å². The van der Waals surface area contributed by atoms with Gasteiger partial charge in [0.1, 0.15) is 17.8 Å². The normalized spacial score (nSPS) is 15.9. The van der Waals surface area contributed by atoms with Gasteiger partial charge in [-0.2, -0.15) is 0 Å². The highest BCUT2D eigenvalue weighted by Gasteiger charge is 2.21. The number of hydrogen-bond donors (Lipinski definition) is 7. The van der Waals surface area contributed by atoms with E-state index < -0.39 is 30.5 Å². The van der Waals surface area contributed by atoms with Gasteiger partial charge in [0.2, 0.25) is 5.91 Å². The van der Waals surface area contributed by atoms with Crippen LogP contribution in [0.25, 0.3) is 0 Å². The second kappa shape index (κ2) is 11.7. The number of hydrogen-bond acceptors (Lipinski definition) is 9. The van der Waals surface area contributed by atoms with Gasteiger partial charge < -0.3 is 41.4 Å². The Morgan fingerprint density at radius 3 is 2.66 bits per heavy atom. The minimum Gasteiger partial charge on any atom is -0.508 e. The molecule has 0 saturated heterocycles. The van der Waals surface area contributed by atoms with Gasteiger partial charge in [-0.15, -0.1) is 0 Å². The number of nitrogens with one attached hydrogen (secondary N) is 4. The Morgan fingerprint density at radius 1 is 1.20 bits per heavy atom. The number of phenols is 2. The van der Waals surface area contributed by atoms with Crippen LogP contribution >= 0.6 is 23.2 Å². The first-order valence-corrected chi connectivity index (χ1v) is 11.2. The summed E-state index contributed by atoms with van der Waals surface area (Å²) in [6.07, 6.45) is -0.200. The minimum atomic E-state index is -0.924. The van der Waals surface area contributed by atoms with E-state index in [0.29, 0.717) is 24.5 Å². The molecular weight excluding hydrogens is 501 g/mol. The summed E-state index contributed by atoms with van der Waals surface area (Å²) in [5.41, 5.74) is 0.590. The molecule has 1 aliphatic rings. The van der Waals surface area contributed by atoms with Crippen molar-refractivity contribution in [2.24, 2.45) is 4.99 Å². The first-order chi connectivity index (χ1) is 16.7. The third kappa shape index (κ3) is 7.22. The molecule has 2 atom stereocenters. The van der Waals surface area contributed by atoms with Crippen LogP contribution in [-0.2, 0) is 9.59 Å². The highest BCUT2D eigenvalue weighted by atomic mass is 35.5. The molecule has 0 saturated carbocycles. The lowest BCUT2D eigenvalue weighted by atomic mass is 10.0. The molecule has 13 heteroatoms. The predicted molar refractivity (Wildman–Crippen MR) is 130 cm³/mol. The maximum absolute atomic E-state index is 12.6. The summed E-state index contributed by atoms with van der Waals surface area (Å²) in [6.45, 7) is 0.0616. The zero-order valence-corrected chi connectivity index (χ0v) is 19.7. The average molecular weight is 524 g/mol. The molecule has 1 aliphatic heterocycles. The Bertz CT molecular complexity index is 1160. The fourth-order valence-corrected chi connectivity index (χ4v) is 3.80. The number of carbonyl (C=O) groups excluding carboxylic acids is 3. The molecule has 0 aromatic heterocycles. The SMILES string of the molecule is O=CC[C@@H](NC(=O)CNC(=O)c1cc(O)cc(NC2=NCC(O)CN2)c1)c1cc(Cl)cc(Cl)c1O. The molecule has 35 heavy (non-hydrogen) atoms. The lowest BCUT2D eigenvalue weighted by Gasteiger charge is -2.20. The molecule has 1 heterocycles. The maximum Gasteiger partial charge on any atom is 0.251 e. The summed E-state index contributed by atoms with van der Waals surface area (Å²) in [5, 5.41) is 40.6. The molecule has 0 bridgehead atoms. The lowest BCUT2D eigenvalue weighted by Crippen LogP contribution is -2.42. The number of benzene rings is 2. The average Bonchev–Trinajstić information content (AvgIpc) is 2.80. The van der Waals surface area contributed by atoms with E-state index in [9.17, 15) is 29.7 Å². The fraction of sp³-hybridized carbons (Fsp3) is 0.273. The fourth-order valence-electron chi connectivity index (χ4n) is 3.29. The number of amides is 2. The van der Waals surface area contributed by atoms with Crippen molar-refractivity contribution < 1.29 is 29.7 Å². The number of nitrogens with zero attached hydrogens (tertiary/aromatic N) is 1. The standard InChI is InChI=1S/C22H23Cl2N5O6/c23-12-5-16(20(34)17(24)6-12)18(1-2-30)29-19(33)10-25-21(35)11-3-13(7-14(31)4-11)28-22-26-8-15(32)9-27-22/h2-7,15,18,31-32,34H,1,8-10H2,(H,25,35)(H,29,33)(H2,26,27,28)/t18-/m1/s1. The van der Waals surface area contributed by atoms with Crippen LogP contribution in [-0.4, -0.2) is 65.1 Å². The monoisotopic (exact) mass is 523 g/mol. The number of aromatic hydroxyl groups is 2. The minimum absolute atomic E-state index is 0.0372. The number of rotatable bonds is 8. The number of anilines is 1. The van der Waals surface area contributed by atoms with E-state index in [2.05, 4.69) is 26.3 Å². The molecule has 2 amide bonds. The predicted octanol–water partition coefficient (Wildman–Crippen LogP) is 1.31. The van der Waals surface area contributed by atoms with Crippen LogP contribution in [0.15, 0.2) is 35.3 Å². The summed E-state index contributed by atoms with van der Waals surface area (Å²) in [4.78, 5) is 40.2. The molecule has 7 N–H and O–H groups in total. The number of β-amino-alcohol motifs (C(OH)–C–C–N with tert-alkyl or cyclic N) is 1. The Hall–Kier alpha value is -3.54. The summed E-state index contributed by atoms with van der Waals surface area (Å²) >= 11 is 11.9. The summed E-state index contributed by atoms with van der Waals surface area (Å²) in [6, 6.07) is 5.82. The zero-order chi connectivity index (χ0) is 25.5. The van der Waals surface area contributed by atoms with Gasteiger partial charge in [0, 0.05) is 40.9 Å². The Balaban J connectivity index is 1.64. The molecule has 0 spiro atoms. The number of aliphatic imine (C=N–C) groups is 1. The van der Waals surface area contributed by atoms with Crippen molar-refractivity contribution >= 4 is 52.9 Å². The van der Waals surface area contributed by atoms with Crippen molar-refractivity contribution in [3.8, 4) is 11.5 Å². The van der Waals surface area contributed by atoms with Gasteiger partial charge in [-0.05, 0) is 24.3 Å². The quantitative estimate of drug-likeness (QED) is 0.253. The van der Waals surface area contributed by atoms with Crippen molar-refractivity contribution in [3.05, 3.63) is 51.5 Å². The van der Waals surface area contributed by atoms with E-state index in [1.807, 2.05) is 0 Å². The number of aldehydes is 1. The molecule has 0 radical (unpaired) electrons. The van der Waals surface area contributed by atoms with Crippen molar-refractivity contribution in [2.75, 3.05) is 25.0 Å². The van der Waals surface area contributed by atoms with Crippen LogP contribution in [0.1, 0.15) is 28.4 Å². The van der Waals surface area contributed by atoms with Crippen LogP contribution in [0.5, 0.6) is 11.5 Å². The van der Waals surface area contributed by atoms with Crippen LogP contribution in [0.2, 0.25) is 10.0 Å². The molecule has 2 aromatic rings. The van der Waals surface area contributed by atoms with Gasteiger partial charge in [-0.3, -0.25) is 14.6 Å². The lowest BCUT2D eigenvalue weighted by molar-refractivity contribution is -0.121. The topological polar surface area (TPSA) is 172 Å². The second-order valence-electron chi connectivity index (χ2n) is 7.65. The highest BCUT2D eigenvalue weighted by Crippen LogP contribution is 2.35. The second-order valence-corrected chi connectivity index (χ2v) is 8.49. The van der Waals surface area contributed by atoms with Crippen LogP contribution in [0.4, 0.5) is 5.69 Å². The van der Waals surface area contributed by atoms with E-state index >= 15 is 0 Å². The molecule has 0 aliphatic carbocycles. The molecule has 11 nitrogen and oxygen atoms in total. The van der Waals surface area contributed by atoms with Gasteiger partial charge in [-0.25, -0.2) is 0 Å². The highest BCUT2D eigenvalue weighted by molar-refractivity contribution is 6.35. The maximum atomic E-state index is 12.6. The Morgan fingerprint density at radius 2 is 1.97 bits per heavy atom. The van der Waals surface area contributed by atoms with E-state index in [1.54, 1.807) is 0 Å². The van der Waals surface area contributed by atoms with Gasteiger partial charge in [0.15, 0.2) is 5.96 Å². The first-order valence-electron chi connectivity index (χ1n) is 10.4. The van der Waals surface area contributed by atoms with Gasteiger partial charge in [-0.1, -0.05) is 23.2 Å². The number of carbonyl (C=O) groups is 3. The number of phenolic OH excluding ortho intramolecular Hbond substituents is 2. The van der Waals surface area contributed by atoms with Crippen molar-refractivity contribution in [1.82, 2.24) is 16.0 Å². The van der Waals surface area contributed by atoms with E-state index in [-0.39, 0.29) is 45.6 Å². The summed E-state index contributed by atoms with van der Waals surface area (Å²) in [7, 11) is 0. The van der Waals surface area contributed by atoms with Crippen LogP contribution in [0.3, 0.4) is 0 Å². The molecule has 0 fully saturated rings. The van der Waals surface area contributed by atoms with Gasteiger partial charge in [0.25, 0.3) is 5.91 Å². The van der Waals surface area contributed by atoms with Gasteiger partial charge in [0.05, 0.1) is 30.3 Å². The van der Waals surface area contributed by atoms with Crippen LogP contribution in [0, 0.1) is 0 Å². The Labute approximate surface area is 210 Å². The number of guanidine groups is 1. The molecular formula is C22H23Cl2N5O6. The number of aliphatic hydroxyl groups is 1. The third-order valence-electron chi connectivity index (χ3n) is 4.92. The number of halogens is 2. The zero-order valence-electron chi connectivity index (χ0n) is 18.2. The van der Waals surface area contributed by atoms with Crippen molar-refractivity contribution in [1.29, 1.82) is 0 Å². The van der Waals surface area contributed by atoms with E-state index in [0.717, 1.165) is 0 Å². The number of aliphatic hydroxyl groups excluding tert-OH is 1. The Kier molecular flexibility index (Phi) is 8.74. The largest absolute Gasteiger partial charge is 0.508 e. The van der Waals surface area contributed by atoms with Crippen molar-refractivity contribution in [3.63, 3.8) is 0 Å². The molecule has 2 aromatic carbocycles. The molecule has 3 rings (SSSR count). The molecule has 1 unspecified atom stereocenters.